The number of alkyl halides is 5. The van der Waals surface area contributed by atoms with Crippen molar-refractivity contribution in [3.05, 3.63) is 29.1 Å². The zero-order chi connectivity index (χ0) is 13.2. The fourth-order valence-electron chi connectivity index (χ4n) is 1.46. The highest BCUT2D eigenvalue weighted by Gasteiger charge is 2.33. The highest BCUT2D eigenvalue weighted by Crippen LogP contribution is 2.32. The zero-order valence-corrected chi connectivity index (χ0v) is 10.9. The van der Waals surface area contributed by atoms with Gasteiger partial charge in [-0.2, -0.15) is 13.2 Å². The van der Waals surface area contributed by atoms with Gasteiger partial charge in [0.15, 0.2) is 0 Å². The van der Waals surface area contributed by atoms with Gasteiger partial charge in [0.1, 0.15) is 10.5 Å². The van der Waals surface area contributed by atoms with Gasteiger partial charge in [-0.3, -0.25) is 0 Å². The van der Waals surface area contributed by atoms with E-state index in [2.05, 4.69) is 4.98 Å². The van der Waals surface area contributed by atoms with E-state index < -0.39 is 16.7 Å². The van der Waals surface area contributed by atoms with Gasteiger partial charge in [-0.05, 0) is 30.0 Å². The molecule has 0 saturated carbocycles. The lowest BCUT2D eigenvalue weighted by Gasteiger charge is -2.12. The van der Waals surface area contributed by atoms with Gasteiger partial charge in [-0.1, -0.05) is 37.0 Å². The Bertz CT molecular complexity index is 389. The van der Waals surface area contributed by atoms with Crippen LogP contribution in [0.2, 0.25) is 0 Å². The Hall–Kier alpha value is -0.480. The van der Waals surface area contributed by atoms with E-state index in [-0.39, 0.29) is 11.6 Å². The van der Waals surface area contributed by atoms with Gasteiger partial charge in [0.2, 0.25) is 0 Å². The summed E-state index contributed by atoms with van der Waals surface area (Å²) >= 11 is 11.1. The van der Waals surface area contributed by atoms with Crippen molar-refractivity contribution in [2.45, 2.75) is 31.3 Å². The van der Waals surface area contributed by atoms with Crippen LogP contribution in [0.3, 0.4) is 0 Å². The standard InChI is InChI=1S/C11H12Cl2F3N/c1-6(2)3-7-4-8(10(12)13)17-9(5-7)11(14,15)16/h4-6,10H,3H2,1-2H3. The van der Waals surface area contributed by atoms with Crippen molar-refractivity contribution in [3.63, 3.8) is 0 Å². The zero-order valence-electron chi connectivity index (χ0n) is 9.35. The van der Waals surface area contributed by atoms with Crippen LogP contribution in [0.1, 0.15) is 35.6 Å². The molecule has 0 spiro atoms. The van der Waals surface area contributed by atoms with Crippen molar-refractivity contribution in [2.24, 2.45) is 5.92 Å². The molecule has 1 aromatic heterocycles. The molecule has 6 heteroatoms. The van der Waals surface area contributed by atoms with Crippen LogP contribution in [-0.4, -0.2) is 4.98 Å². The number of aromatic nitrogens is 1. The fourth-order valence-corrected chi connectivity index (χ4v) is 1.68. The summed E-state index contributed by atoms with van der Waals surface area (Å²) in [6.45, 7) is 3.85. The molecule has 96 valence electrons. The molecule has 0 unspecified atom stereocenters. The van der Waals surface area contributed by atoms with E-state index in [1.165, 1.54) is 6.07 Å². The number of pyridine rings is 1. The van der Waals surface area contributed by atoms with E-state index in [4.69, 9.17) is 23.2 Å². The molecule has 1 nitrogen and oxygen atoms in total. The van der Waals surface area contributed by atoms with Crippen molar-refractivity contribution in [2.75, 3.05) is 0 Å². The van der Waals surface area contributed by atoms with Gasteiger partial charge in [-0.25, -0.2) is 4.98 Å². The minimum atomic E-state index is -4.48. The summed E-state index contributed by atoms with van der Waals surface area (Å²) < 4.78 is 37.8. The molecule has 0 atom stereocenters. The number of nitrogens with zero attached hydrogens (tertiary/aromatic N) is 1. The maximum atomic E-state index is 12.6. The Kier molecular flexibility index (Phi) is 4.67. The van der Waals surface area contributed by atoms with Crippen LogP contribution >= 0.6 is 23.2 Å². The highest BCUT2D eigenvalue weighted by molar-refractivity contribution is 6.43. The Morgan fingerprint density at radius 1 is 1.24 bits per heavy atom. The number of rotatable bonds is 3. The third-order valence-electron chi connectivity index (χ3n) is 2.06. The van der Waals surface area contributed by atoms with E-state index in [0.717, 1.165) is 6.07 Å². The van der Waals surface area contributed by atoms with E-state index >= 15 is 0 Å². The Balaban J connectivity index is 3.19. The molecular formula is C11H12Cl2F3N. The molecule has 1 aromatic rings. The van der Waals surface area contributed by atoms with Crippen LogP contribution in [0, 0.1) is 5.92 Å². The minimum absolute atomic E-state index is 0.0406. The normalized spacial score (nSPS) is 12.5. The van der Waals surface area contributed by atoms with Crippen LogP contribution in [0.5, 0.6) is 0 Å². The summed E-state index contributed by atoms with van der Waals surface area (Å²) in [6, 6.07) is 2.56. The lowest BCUT2D eigenvalue weighted by molar-refractivity contribution is -0.141. The minimum Gasteiger partial charge on any atom is -0.245 e. The first-order valence-electron chi connectivity index (χ1n) is 5.06. The van der Waals surface area contributed by atoms with E-state index in [0.29, 0.717) is 12.0 Å². The maximum Gasteiger partial charge on any atom is 0.433 e. The van der Waals surface area contributed by atoms with E-state index in [1.807, 2.05) is 13.8 Å². The van der Waals surface area contributed by atoms with Crippen molar-refractivity contribution in [1.29, 1.82) is 0 Å². The first-order valence-corrected chi connectivity index (χ1v) is 5.93. The molecule has 0 aromatic carbocycles. The molecule has 0 aliphatic rings. The largest absolute Gasteiger partial charge is 0.433 e. The molecule has 0 aliphatic carbocycles. The molecule has 0 fully saturated rings. The molecule has 1 heterocycles. The summed E-state index contributed by atoms with van der Waals surface area (Å²) in [7, 11) is 0. The number of halogens is 5. The first kappa shape index (κ1) is 14.6. The average molecular weight is 286 g/mol. The van der Waals surface area contributed by atoms with Gasteiger partial charge in [-0.15, -0.1) is 0 Å². The van der Waals surface area contributed by atoms with Gasteiger partial charge >= 0.3 is 6.18 Å². The SMILES string of the molecule is CC(C)Cc1cc(C(Cl)Cl)nc(C(F)(F)F)c1. The van der Waals surface area contributed by atoms with Gasteiger partial charge in [0.05, 0.1) is 5.69 Å². The fraction of sp³-hybridized carbons (Fsp3) is 0.545. The predicted octanol–water partition coefficient (Wildman–Crippen LogP) is 4.78. The van der Waals surface area contributed by atoms with Crippen molar-refractivity contribution >= 4 is 23.2 Å². The van der Waals surface area contributed by atoms with E-state index in [1.54, 1.807) is 0 Å². The molecule has 0 aliphatic heterocycles. The predicted molar refractivity (Wildman–Crippen MR) is 62.2 cm³/mol. The second kappa shape index (κ2) is 5.44. The van der Waals surface area contributed by atoms with Crippen LogP contribution in [0.25, 0.3) is 0 Å². The van der Waals surface area contributed by atoms with Crippen LogP contribution < -0.4 is 0 Å². The summed E-state index contributed by atoms with van der Waals surface area (Å²) in [5.74, 6) is 0.246. The molecule has 1 rings (SSSR count). The Labute approximate surface area is 108 Å². The molecule has 0 bridgehead atoms. The third-order valence-corrected chi connectivity index (χ3v) is 2.51. The molecule has 0 saturated heterocycles. The van der Waals surface area contributed by atoms with Crippen LogP contribution in [-0.2, 0) is 12.6 Å². The lowest BCUT2D eigenvalue weighted by atomic mass is 10.0. The third kappa shape index (κ3) is 4.36. The molecule has 0 radical (unpaired) electrons. The van der Waals surface area contributed by atoms with Crippen LogP contribution in [0.15, 0.2) is 12.1 Å². The van der Waals surface area contributed by atoms with E-state index in [9.17, 15) is 13.2 Å². The second-order valence-corrected chi connectivity index (χ2v) is 5.28. The molecule has 0 amide bonds. The summed E-state index contributed by atoms with van der Waals surface area (Å²) in [5, 5.41) is 0. The average Bonchev–Trinajstić information content (AvgIpc) is 2.14. The first-order chi connectivity index (χ1) is 7.70. The number of hydrogen-bond donors (Lipinski definition) is 0. The monoisotopic (exact) mass is 285 g/mol. The smallest absolute Gasteiger partial charge is 0.245 e. The topological polar surface area (TPSA) is 12.9 Å². The van der Waals surface area contributed by atoms with Crippen molar-refractivity contribution in [1.82, 2.24) is 4.98 Å². The van der Waals surface area contributed by atoms with Crippen molar-refractivity contribution < 1.29 is 13.2 Å². The number of hydrogen-bond acceptors (Lipinski definition) is 1. The lowest BCUT2D eigenvalue weighted by Crippen LogP contribution is -2.11. The molecular weight excluding hydrogens is 274 g/mol. The second-order valence-electron chi connectivity index (χ2n) is 4.18. The van der Waals surface area contributed by atoms with Crippen molar-refractivity contribution in [3.8, 4) is 0 Å². The Morgan fingerprint density at radius 3 is 2.24 bits per heavy atom. The van der Waals surface area contributed by atoms with Gasteiger partial charge < -0.3 is 0 Å². The quantitative estimate of drug-likeness (QED) is 0.729. The summed E-state index contributed by atoms with van der Waals surface area (Å²) in [5.41, 5.74) is -0.362. The molecule has 17 heavy (non-hydrogen) atoms. The summed E-state index contributed by atoms with van der Waals surface area (Å²) in [4.78, 5) is 2.37. The maximum absolute atomic E-state index is 12.6. The summed E-state index contributed by atoms with van der Waals surface area (Å²) in [6.07, 6.45) is -3.95. The van der Waals surface area contributed by atoms with Crippen LogP contribution in [0.4, 0.5) is 13.2 Å². The van der Waals surface area contributed by atoms with Gasteiger partial charge in [0, 0.05) is 0 Å². The Morgan fingerprint density at radius 2 is 1.82 bits per heavy atom. The highest BCUT2D eigenvalue weighted by atomic mass is 35.5. The van der Waals surface area contributed by atoms with Gasteiger partial charge in [0.25, 0.3) is 0 Å². The molecule has 0 N–H and O–H groups in total.